The van der Waals surface area contributed by atoms with Crippen molar-refractivity contribution < 1.29 is 19.4 Å². The molecule has 0 fully saturated rings. The van der Waals surface area contributed by atoms with E-state index in [-0.39, 0.29) is 18.9 Å². The molecule has 152 valence electrons. The Bertz CT molecular complexity index is 1020. The number of hydrogen-bond donors (Lipinski definition) is 2. The molecule has 0 unspecified atom stereocenters. The van der Waals surface area contributed by atoms with Gasteiger partial charge in [-0.3, -0.25) is 14.6 Å². The molecule has 0 radical (unpaired) electrons. The average molecular weight is 402 g/mol. The van der Waals surface area contributed by atoms with E-state index in [1.807, 2.05) is 48.5 Å². The van der Waals surface area contributed by atoms with Crippen LogP contribution < -0.4 is 5.73 Å². The Labute approximate surface area is 174 Å². The van der Waals surface area contributed by atoms with Crippen molar-refractivity contribution in [3.8, 4) is 11.1 Å². The molecule has 3 N–H and O–H groups in total. The number of carbonyl (C=O) groups excluding carboxylic acids is 1. The van der Waals surface area contributed by atoms with Gasteiger partial charge in [-0.2, -0.15) is 0 Å². The van der Waals surface area contributed by atoms with Crippen LogP contribution in [-0.4, -0.2) is 34.7 Å². The molecule has 2 atom stereocenters. The number of hydrogen-bond acceptors (Lipinski definition) is 5. The number of carboxylic acids is 1. The normalized spacial score (nSPS) is 14.4. The number of pyridine rings is 1. The maximum Gasteiger partial charge on any atom is 0.321 e. The van der Waals surface area contributed by atoms with E-state index in [4.69, 9.17) is 10.5 Å². The summed E-state index contributed by atoms with van der Waals surface area (Å²) in [5.74, 6) is -3.67. The van der Waals surface area contributed by atoms with E-state index >= 15 is 0 Å². The average Bonchev–Trinajstić information content (AvgIpc) is 3.06. The third-order valence-electron chi connectivity index (χ3n) is 5.52. The van der Waals surface area contributed by atoms with E-state index < -0.39 is 23.9 Å². The highest BCUT2D eigenvalue weighted by atomic mass is 16.5. The minimum Gasteiger partial charge on any atom is -0.481 e. The summed E-state index contributed by atoms with van der Waals surface area (Å²) in [7, 11) is 0. The van der Waals surface area contributed by atoms with Gasteiger partial charge in [0.25, 0.3) is 0 Å². The van der Waals surface area contributed by atoms with Crippen LogP contribution in [0.1, 0.15) is 22.6 Å². The third kappa shape index (κ3) is 3.82. The number of nitrogens with zero attached hydrogens (tertiary/aromatic N) is 1. The zero-order chi connectivity index (χ0) is 21.1. The Morgan fingerprint density at radius 1 is 0.967 bits per heavy atom. The Hall–Kier alpha value is -3.51. The fraction of sp³-hybridized carbons (Fsp3) is 0.208. The lowest BCUT2D eigenvalue weighted by Crippen LogP contribution is -2.43. The van der Waals surface area contributed by atoms with Crippen molar-refractivity contribution >= 4 is 11.9 Å². The highest BCUT2D eigenvalue weighted by Crippen LogP contribution is 2.44. The number of carbonyl (C=O) groups is 2. The van der Waals surface area contributed by atoms with Gasteiger partial charge in [-0.1, -0.05) is 48.5 Å². The van der Waals surface area contributed by atoms with Crippen molar-refractivity contribution in [1.82, 2.24) is 4.98 Å². The Balaban J connectivity index is 1.50. The summed E-state index contributed by atoms with van der Waals surface area (Å²) in [6, 6.07) is 18.5. The van der Waals surface area contributed by atoms with Crippen LogP contribution in [0.2, 0.25) is 0 Å². The maximum atomic E-state index is 12.7. The first kappa shape index (κ1) is 19.8. The molecular weight excluding hydrogens is 380 g/mol. The van der Waals surface area contributed by atoms with Gasteiger partial charge in [0.2, 0.25) is 0 Å². The van der Waals surface area contributed by atoms with Crippen molar-refractivity contribution in [2.24, 2.45) is 11.7 Å². The zero-order valence-corrected chi connectivity index (χ0v) is 16.3. The zero-order valence-electron chi connectivity index (χ0n) is 16.3. The minimum atomic E-state index is -1.44. The topological polar surface area (TPSA) is 103 Å². The van der Waals surface area contributed by atoms with Gasteiger partial charge in [0.1, 0.15) is 6.61 Å². The number of benzene rings is 2. The van der Waals surface area contributed by atoms with Gasteiger partial charge in [0.05, 0.1) is 0 Å². The van der Waals surface area contributed by atoms with Gasteiger partial charge in [0.15, 0.2) is 5.92 Å². The first-order chi connectivity index (χ1) is 14.6. The van der Waals surface area contributed by atoms with E-state index in [0.29, 0.717) is 0 Å². The van der Waals surface area contributed by atoms with Crippen LogP contribution in [0.25, 0.3) is 11.1 Å². The van der Waals surface area contributed by atoms with Gasteiger partial charge < -0.3 is 15.6 Å². The fourth-order valence-corrected chi connectivity index (χ4v) is 4.06. The molecule has 6 heteroatoms. The van der Waals surface area contributed by atoms with E-state index in [9.17, 15) is 14.7 Å². The fourth-order valence-electron chi connectivity index (χ4n) is 4.06. The number of nitrogens with two attached hydrogens (primary N) is 1. The summed E-state index contributed by atoms with van der Waals surface area (Å²) in [4.78, 5) is 28.4. The Kier molecular flexibility index (Phi) is 5.59. The summed E-state index contributed by atoms with van der Waals surface area (Å²) in [6.45, 7) is 0.0681. The molecule has 1 heterocycles. The summed E-state index contributed by atoms with van der Waals surface area (Å²) in [5.41, 5.74) is 11.3. The molecule has 1 aromatic heterocycles. The minimum absolute atomic E-state index is 0.0681. The Morgan fingerprint density at radius 2 is 1.53 bits per heavy atom. The monoisotopic (exact) mass is 402 g/mol. The molecule has 4 rings (SSSR count). The number of rotatable bonds is 7. The van der Waals surface area contributed by atoms with Crippen LogP contribution in [0.4, 0.5) is 0 Å². The van der Waals surface area contributed by atoms with Crippen molar-refractivity contribution in [3.63, 3.8) is 0 Å². The molecule has 0 amide bonds. The first-order valence-corrected chi connectivity index (χ1v) is 9.78. The molecule has 6 nitrogen and oxygen atoms in total. The number of aromatic nitrogens is 1. The van der Waals surface area contributed by atoms with E-state index in [1.165, 1.54) is 0 Å². The van der Waals surface area contributed by atoms with Crippen LogP contribution in [0.5, 0.6) is 0 Å². The smallest absolute Gasteiger partial charge is 0.321 e. The van der Waals surface area contributed by atoms with Gasteiger partial charge >= 0.3 is 11.9 Å². The summed E-state index contributed by atoms with van der Waals surface area (Å²) in [5, 5.41) is 9.61. The maximum absolute atomic E-state index is 12.7. The van der Waals surface area contributed by atoms with Gasteiger partial charge in [-0.25, -0.2) is 0 Å². The predicted molar refractivity (Wildman–Crippen MR) is 112 cm³/mol. The van der Waals surface area contributed by atoms with Crippen LogP contribution in [-0.2, 0) is 20.7 Å². The molecule has 0 spiro atoms. The van der Waals surface area contributed by atoms with Gasteiger partial charge in [0, 0.05) is 24.4 Å². The lowest BCUT2D eigenvalue weighted by molar-refractivity contribution is -0.159. The van der Waals surface area contributed by atoms with Crippen molar-refractivity contribution in [2.45, 2.75) is 18.4 Å². The quantitative estimate of drug-likeness (QED) is 0.465. The van der Waals surface area contributed by atoms with Crippen molar-refractivity contribution in [1.29, 1.82) is 0 Å². The molecule has 3 aromatic rings. The van der Waals surface area contributed by atoms with Crippen LogP contribution >= 0.6 is 0 Å². The SMILES string of the molecule is N[C@H](Cc1ccncc1)[C@H](C(=O)O)C(=O)OCC1c2ccccc2-c2ccccc21. The molecule has 0 saturated heterocycles. The number of ether oxygens (including phenoxy) is 1. The first-order valence-electron chi connectivity index (χ1n) is 9.78. The number of carboxylic acid groups (broad SMARTS) is 1. The molecule has 30 heavy (non-hydrogen) atoms. The van der Waals surface area contributed by atoms with Crippen molar-refractivity contribution in [2.75, 3.05) is 6.61 Å². The largest absolute Gasteiger partial charge is 0.481 e. The summed E-state index contributed by atoms with van der Waals surface area (Å²) in [6.07, 6.45) is 3.44. The number of aliphatic carboxylic acids is 1. The second-order valence-electron chi connectivity index (χ2n) is 7.40. The van der Waals surface area contributed by atoms with Crippen LogP contribution in [0.15, 0.2) is 73.1 Å². The molecule has 1 aliphatic carbocycles. The van der Waals surface area contributed by atoms with Crippen molar-refractivity contribution in [3.05, 3.63) is 89.7 Å². The van der Waals surface area contributed by atoms with E-state index in [1.54, 1.807) is 24.5 Å². The molecule has 2 aromatic carbocycles. The highest BCUT2D eigenvalue weighted by Gasteiger charge is 2.36. The third-order valence-corrected chi connectivity index (χ3v) is 5.52. The molecule has 1 aliphatic rings. The Morgan fingerprint density at radius 3 is 2.10 bits per heavy atom. The summed E-state index contributed by atoms with van der Waals surface area (Å²) < 4.78 is 5.51. The van der Waals surface area contributed by atoms with Crippen LogP contribution in [0.3, 0.4) is 0 Å². The van der Waals surface area contributed by atoms with Gasteiger partial charge in [-0.05, 0) is 46.4 Å². The highest BCUT2D eigenvalue weighted by molar-refractivity contribution is 5.95. The van der Waals surface area contributed by atoms with E-state index in [2.05, 4.69) is 4.98 Å². The van der Waals surface area contributed by atoms with Crippen LogP contribution in [0, 0.1) is 5.92 Å². The predicted octanol–water partition coefficient (Wildman–Crippen LogP) is 3.01. The number of esters is 1. The molecular formula is C24H22N2O4. The van der Waals surface area contributed by atoms with Gasteiger partial charge in [-0.15, -0.1) is 0 Å². The lowest BCUT2D eigenvalue weighted by atomic mass is 9.94. The molecule has 0 aliphatic heterocycles. The van der Waals surface area contributed by atoms with E-state index in [0.717, 1.165) is 27.8 Å². The second-order valence-corrected chi connectivity index (χ2v) is 7.40. The standard InChI is InChI=1S/C24H22N2O4/c25-21(13-15-9-11-26-12-10-15)22(23(27)28)24(29)30-14-20-18-7-3-1-5-16(18)17-6-2-4-8-19(17)20/h1-12,20-22H,13-14,25H2,(H,27,28)/t21-,22-/m1/s1. The second kappa shape index (κ2) is 8.47. The number of fused-ring (bicyclic) bond motifs is 3. The summed E-state index contributed by atoms with van der Waals surface area (Å²) >= 11 is 0. The molecule has 0 bridgehead atoms. The lowest BCUT2D eigenvalue weighted by Gasteiger charge is -2.21. The molecule has 0 saturated carbocycles.